The van der Waals surface area contributed by atoms with Crippen molar-refractivity contribution in [3.8, 4) is 0 Å². The summed E-state index contributed by atoms with van der Waals surface area (Å²) in [4.78, 5) is 0. The van der Waals surface area contributed by atoms with Crippen LogP contribution in [0.3, 0.4) is 0 Å². The lowest BCUT2D eigenvalue weighted by atomic mass is 10.1. The predicted molar refractivity (Wildman–Crippen MR) is 31.9 cm³/mol. The predicted octanol–water partition coefficient (Wildman–Crippen LogP) is 2.26. The van der Waals surface area contributed by atoms with Crippen molar-refractivity contribution >= 4 is 0 Å². The van der Waals surface area contributed by atoms with Gasteiger partial charge in [0, 0.05) is 0 Å². The third-order valence-corrected chi connectivity index (χ3v) is 1.73. The molecule has 1 aliphatic carbocycles. The summed E-state index contributed by atoms with van der Waals surface area (Å²) in [6.45, 7) is 4.59. The quantitative estimate of drug-likeness (QED) is 0.407. The van der Waals surface area contributed by atoms with Gasteiger partial charge in [-0.1, -0.05) is 0 Å². The van der Waals surface area contributed by atoms with Gasteiger partial charge in [-0.15, -0.1) is 0 Å². The van der Waals surface area contributed by atoms with E-state index < -0.39 is 0 Å². The summed E-state index contributed by atoms with van der Waals surface area (Å²) in [7, 11) is 0. The molecule has 2 atom stereocenters. The third kappa shape index (κ3) is 1.12. The molecule has 0 saturated heterocycles. The molecule has 0 aromatic carbocycles. The van der Waals surface area contributed by atoms with E-state index in [4.69, 9.17) is 0 Å². The summed E-state index contributed by atoms with van der Waals surface area (Å²) in [5, 5.41) is 0. The van der Waals surface area contributed by atoms with Crippen LogP contribution in [0.2, 0.25) is 0 Å². The second-order valence-corrected chi connectivity index (χ2v) is 2.72. The van der Waals surface area contributed by atoms with Gasteiger partial charge in [-0.3, -0.25) is 0 Å². The van der Waals surface area contributed by atoms with Crippen LogP contribution >= 0.6 is 0 Å². The van der Waals surface area contributed by atoms with E-state index in [2.05, 4.69) is 20.3 Å². The highest BCUT2D eigenvalue weighted by atomic mass is 14.2. The van der Waals surface area contributed by atoms with Gasteiger partial charge in [0.25, 0.3) is 0 Å². The van der Waals surface area contributed by atoms with Gasteiger partial charge in [0.15, 0.2) is 0 Å². The Labute approximate surface area is 45.9 Å². The summed E-state index contributed by atoms with van der Waals surface area (Å²) in [6, 6.07) is 0. The molecule has 40 valence electrons. The zero-order valence-corrected chi connectivity index (χ0v) is 5.15. The second kappa shape index (κ2) is 1.77. The van der Waals surface area contributed by atoms with Crippen molar-refractivity contribution in [2.24, 2.45) is 11.8 Å². The average Bonchev–Trinajstić information content (AvgIpc) is 1.87. The summed E-state index contributed by atoms with van der Waals surface area (Å²) in [5.74, 6) is 1.80. The van der Waals surface area contributed by atoms with Crippen molar-refractivity contribution < 1.29 is 0 Å². The Balaban J connectivity index is 2.26. The van der Waals surface area contributed by atoms with Gasteiger partial charge in [-0.05, 0) is 26.7 Å². The molecule has 1 saturated carbocycles. The van der Waals surface area contributed by atoms with Gasteiger partial charge in [-0.2, -0.15) is 0 Å². The molecule has 2 unspecified atom stereocenters. The fourth-order valence-electron chi connectivity index (χ4n) is 1.28. The SMILES string of the molecule is CC1[CH+]C(C)CC1. The Morgan fingerprint density at radius 1 is 1.14 bits per heavy atom. The molecule has 0 nitrogen and oxygen atoms in total. The molecular weight excluding hydrogens is 84.1 g/mol. The highest BCUT2D eigenvalue weighted by molar-refractivity contribution is 4.85. The van der Waals surface area contributed by atoms with Gasteiger partial charge < -0.3 is 0 Å². The topological polar surface area (TPSA) is 0 Å². The summed E-state index contributed by atoms with van der Waals surface area (Å²) in [5.41, 5.74) is 0. The Bertz CT molecular complexity index is 49.1. The molecular formula is C7H13+. The Morgan fingerprint density at radius 2 is 1.57 bits per heavy atom. The average molecular weight is 97.2 g/mol. The molecule has 0 N–H and O–H groups in total. The first-order valence-electron chi connectivity index (χ1n) is 3.14. The molecule has 0 bridgehead atoms. The lowest BCUT2D eigenvalue weighted by molar-refractivity contribution is 0.677. The van der Waals surface area contributed by atoms with Crippen molar-refractivity contribution in [2.45, 2.75) is 26.7 Å². The lowest BCUT2D eigenvalue weighted by Gasteiger charge is -1.84. The van der Waals surface area contributed by atoms with Crippen LogP contribution in [0.25, 0.3) is 0 Å². The van der Waals surface area contributed by atoms with Crippen molar-refractivity contribution in [1.29, 1.82) is 0 Å². The van der Waals surface area contributed by atoms with Crippen molar-refractivity contribution in [3.63, 3.8) is 0 Å². The van der Waals surface area contributed by atoms with Crippen LogP contribution in [0, 0.1) is 18.3 Å². The molecule has 0 aromatic heterocycles. The first-order valence-corrected chi connectivity index (χ1v) is 3.14. The van der Waals surface area contributed by atoms with Crippen molar-refractivity contribution in [2.75, 3.05) is 0 Å². The minimum absolute atomic E-state index is 0.898. The molecule has 0 spiro atoms. The zero-order valence-electron chi connectivity index (χ0n) is 5.15. The highest BCUT2D eigenvalue weighted by Crippen LogP contribution is 2.27. The monoisotopic (exact) mass is 97.1 g/mol. The van der Waals surface area contributed by atoms with Crippen molar-refractivity contribution in [3.05, 3.63) is 6.42 Å². The van der Waals surface area contributed by atoms with E-state index in [0.29, 0.717) is 0 Å². The first-order chi connectivity index (χ1) is 3.29. The van der Waals surface area contributed by atoms with Crippen LogP contribution in [-0.4, -0.2) is 0 Å². The third-order valence-electron chi connectivity index (χ3n) is 1.73. The van der Waals surface area contributed by atoms with E-state index in [1.165, 1.54) is 12.8 Å². The first kappa shape index (κ1) is 5.02. The van der Waals surface area contributed by atoms with Crippen LogP contribution in [0.5, 0.6) is 0 Å². The smallest absolute Gasteiger partial charge is 0.0215 e. The molecule has 0 aromatic rings. The fourth-order valence-corrected chi connectivity index (χ4v) is 1.28. The Morgan fingerprint density at radius 3 is 1.71 bits per heavy atom. The standard InChI is InChI=1S/C7H13/c1-6-3-4-7(2)5-6/h5-7H,3-4H2,1-2H3/q+1. The van der Waals surface area contributed by atoms with E-state index >= 15 is 0 Å². The minimum Gasteiger partial charge on any atom is -0.0215 e. The van der Waals surface area contributed by atoms with E-state index in [1.54, 1.807) is 0 Å². The molecule has 7 heavy (non-hydrogen) atoms. The van der Waals surface area contributed by atoms with Gasteiger partial charge >= 0.3 is 0 Å². The van der Waals surface area contributed by atoms with E-state index in [9.17, 15) is 0 Å². The van der Waals surface area contributed by atoms with E-state index in [-0.39, 0.29) is 0 Å². The number of rotatable bonds is 0. The Kier molecular flexibility index (Phi) is 1.27. The zero-order chi connectivity index (χ0) is 5.28. The van der Waals surface area contributed by atoms with Crippen molar-refractivity contribution in [1.82, 2.24) is 0 Å². The summed E-state index contributed by atoms with van der Waals surface area (Å²) < 4.78 is 0. The molecule has 1 rings (SSSR count). The normalized spacial score (nSPS) is 40.9. The Hall–Kier alpha value is -0.130. The number of hydrogen-bond donors (Lipinski definition) is 0. The maximum Gasteiger partial charge on any atom is 0.0954 e. The van der Waals surface area contributed by atoms with E-state index in [0.717, 1.165) is 11.8 Å². The molecule has 0 aliphatic heterocycles. The van der Waals surface area contributed by atoms with Gasteiger partial charge in [0.2, 0.25) is 0 Å². The van der Waals surface area contributed by atoms with Crippen LogP contribution < -0.4 is 0 Å². The van der Waals surface area contributed by atoms with Crippen LogP contribution in [0.1, 0.15) is 26.7 Å². The molecule has 0 heteroatoms. The number of hydrogen-bond acceptors (Lipinski definition) is 0. The molecule has 0 heterocycles. The molecule has 1 aliphatic rings. The minimum atomic E-state index is 0.898. The van der Waals surface area contributed by atoms with Crippen LogP contribution in [0.4, 0.5) is 0 Å². The van der Waals surface area contributed by atoms with Crippen LogP contribution in [-0.2, 0) is 0 Å². The second-order valence-electron chi connectivity index (χ2n) is 2.72. The summed E-state index contributed by atoms with van der Waals surface area (Å²) >= 11 is 0. The van der Waals surface area contributed by atoms with Gasteiger partial charge in [0.05, 0.1) is 18.3 Å². The fraction of sp³-hybridized carbons (Fsp3) is 0.857. The largest absolute Gasteiger partial charge is 0.0954 e. The van der Waals surface area contributed by atoms with E-state index in [1.807, 2.05) is 0 Å². The van der Waals surface area contributed by atoms with Gasteiger partial charge in [0.1, 0.15) is 0 Å². The molecule has 1 fully saturated rings. The molecule has 0 radical (unpaired) electrons. The maximum atomic E-state index is 2.44. The maximum absolute atomic E-state index is 2.44. The van der Waals surface area contributed by atoms with Gasteiger partial charge in [-0.25, -0.2) is 0 Å². The van der Waals surface area contributed by atoms with Crippen LogP contribution in [0.15, 0.2) is 0 Å². The lowest BCUT2D eigenvalue weighted by Crippen LogP contribution is -1.86. The summed E-state index contributed by atoms with van der Waals surface area (Å²) in [6.07, 6.45) is 5.28. The highest BCUT2D eigenvalue weighted by Gasteiger charge is 2.26. The molecule has 0 amide bonds.